The van der Waals surface area contributed by atoms with Gasteiger partial charge in [0.1, 0.15) is 16.8 Å². The zero-order chi connectivity index (χ0) is 54.4. The molecule has 0 N–H and O–H groups in total. The summed E-state index contributed by atoms with van der Waals surface area (Å²) in [6.07, 6.45) is 12.1. The molecule has 9 aromatic carbocycles. The third-order valence-electron chi connectivity index (χ3n) is 16.4. The molecule has 0 aliphatic rings. The Hall–Kier alpha value is -7.08. The van der Waals surface area contributed by atoms with E-state index >= 15 is 0 Å². The number of rotatable bonds is 30. The van der Waals surface area contributed by atoms with Crippen molar-refractivity contribution in [2.45, 2.75) is 132 Å². The van der Waals surface area contributed by atoms with Gasteiger partial charge in [-0.15, -0.1) is 0 Å². The minimum Gasteiger partial charge on any atom is -0.371 e. The number of benzene rings is 9. The minimum absolute atomic E-state index is 0.186. The van der Waals surface area contributed by atoms with Crippen LogP contribution in [-0.2, 0) is 30.8 Å². The Bertz CT molecular complexity index is 2610. The van der Waals surface area contributed by atoms with Gasteiger partial charge in [0, 0.05) is 17.8 Å². The smallest absolute Gasteiger partial charge is 0.371 e. The highest BCUT2D eigenvalue weighted by Crippen LogP contribution is 2.56. The average Bonchev–Trinajstić information content (AvgIpc) is 3.65. The molecule has 79 heavy (non-hydrogen) atoms. The molecule has 4 heteroatoms. The van der Waals surface area contributed by atoms with Crippen LogP contribution < -0.4 is 0 Å². The van der Waals surface area contributed by atoms with Crippen LogP contribution in [0.1, 0.15) is 166 Å². The fourth-order valence-electron chi connectivity index (χ4n) is 12.7. The lowest BCUT2D eigenvalue weighted by atomic mass is 9.68. The van der Waals surface area contributed by atoms with Gasteiger partial charge in [-0.05, 0) is 69.3 Å². The van der Waals surface area contributed by atoms with Crippen LogP contribution in [0.5, 0.6) is 0 Å². The lowest BCUT2D eigenvalue weighted by Crippen LogP contribution is -2.54. The third kappa shape index (κ3) is 13.0. The van der Waals surface area contributed by atoms with E-state index in [1.54, 1.807) is 0 Å². The quantitative estimate of drug-likeness (QED) is 0.0332. The SMILES string of the molecule is CCCCCC(c1ccccc1)C(OB(OC(c1ccccc1)(c1ccccc1)C(CCCCC)c1ccccc1)OC(c1ccccc1)(c1ccccc1)C(CCCCC)c1ccccc1)(c1ccccc1)c1ccccc1. The maximum Gasteiger partial charge on any atom is 0.642 e. The van der Waals surface area contributed by atoms with Crippen molar-refractivity contribution in [3.05, 3.63) is 323 Å². The van der Waals surface area contributed by atoms with Crippen molar-refractivity contribution in [2.75, 3.05) is 0 Å². The summed E-state index contributed by atoms with van der Waals surface area (Å²) >= 11 is 0. The van der Waals surface area contributed by atoms with Crippen molar-refractivity contribution >= 4 is 7.32 Å². The summed E-state index contributed by atoms with van der Waals surface area (Å²) in [4.78, 5) is 0. The maximum absolute atomic E-state index is 8.73. The van der Waals surface area contributed by atoms with E-state index in [-0.39, 0.29) is 17.8 Å². The second kappa shape index (κ2) is 28.7. The minimum atomic E-state index is -1.35. The maximum atomic E-state index is 8.73. The predicted octanol–water partition coefficient (Wildman–Crippen LogP) is 19.9. The van der Waals surface area contributed by atoms with Crippen molar-refractivity contribution in [2.24, 2.45) is 0 Å². The second-order valence-corrected chi connectivity index (χ2v) is 21.4. The normalized spacial score (nSPS) is 13.1. The van der Waals surface area contributed by atoms with Crippen LogP contribution in [0, 0.1) is 0 Å². The Morgan fingerprint density at radius 2 is 0.430 bits per heavy atom. The molecular weight excluding hydrogens is 960 g/mol. The number of unbranched alkanes of at least 4 members (excludes halogenated alkanes) is 6. The van der Waals surface area contributed by atoms with Gasteiger partial charge >= 0.3 is 7.32 Å². The molecule has 9 aromatic rings. The summed E-state index contributed by atoms with van der Waals surface area (Å²) in [5.74, 6) is -0.557. The molecule has 3 unspecified atom stereocenters. The highest BCUT2D eigenvalue weighted by Gasteiger charge is 2.57. The van der Waals surface area contributed by atoms with Gasteiger partial charge in [-0.25, -0.2) is 0 Å². The fourth-order valence-corrected chi connectivity index (χ4v) is 12.7. The summed E-state index contributed by atoms with van der Waals surface area (Å²) in [7, 11) is -1.35. The lowest BCUT2D eigenvalue weighted by molar-refractivity contribution is -0.0892. The molecule has 0 saturated carbocycles. The third-order valence-corrected chi connectivity index (χ3v) is 16.4. The molecule has 0 aromatic heterocycles. The molecule has 0 amide bonds. The highest BCUT2D eigenvalue weighted by molar-refractivity contribution is 6.37. The Morgan fingerprint density at radius 3 is 0.608 bits per heavy atom. The summed E-state index contributed by atoms with van der Waals surface area (Å²) in [5.41, 5.74) is 6.27. The van der Waals surface area contributed by atoms with Crippen molar-refractivity contribution in [3.8, 4) is 0 Å². The lowest BCUT2D eigenvalue weighted by Gasteiger charge is -2.50. The van der Waals surface area contributed by atoms with Gasteiger partial charge in [-0.3, -0.25) is 0 Å². The topological polar surface area (TPSA) is 27.7 Å². The zero-order valence-electron chi connectivity index (χ0n) is 47.0. The van der Waals surface area contributed by atoms with Crippen molar-refractivity contribution in [1.29, 1.82) is 0 Å². The van der Waals surface area contributed by atoms with E-state index in [9.17, 15) is 0 Å². The largest absolute Gasteiger partial charge is 0.642 e. The molecule has 0 aliphatic carbocycles. The van der Waals surface area contributed by atoms with E-state index < -0.39 is 24.1 Å². The van der Waals surface area contributed by atoms with Gasteiger partial charge in [0.2, 0.25) is 0 Å². The molecule has 3 atom stereocenters. The van der Waals surface area contributed by atoms with E-state index in [1.807, 2.05) is 0 Å². The molecule has 0 fully saturated rings. The van der Waals surface area contributed by atoms with Crippen LogP contribution in [0.3, 0.4) is 0 Å². The summed E-state index contributed by atoms with van der Waals surface area (Å²) < 4.78 is 26.2. The van der Waals surface area contributed by atoms with E-state index in [2.05, 4.69) is 294 Å². The molecule has 0 heterocycles. The van der Waals surface area contributed by atoms with Gasteiger partial charge < -0.3 is 14.0 Å². The van der Waals surface area contributed by atoms with E-state index in [0.717, 1.165) is 110 Å². The number of hydrogen-bond acceptors (Lipinski definition) is 3. The molecule has 0 radical (unpaired) electrons. The number of hydrogen-bond donors (Lipinski definition) is 0. The van der Waals surface area contributed by atoms with Crippen LogP contribution in [0.2, 0.25) is 0 Å². The first kappa shape index (κ1) is 56.6. The molecule has 0 bridgehead atoms. The van der Waals surface area contributed by atoms with Crippen LogP contribution >= 0.6 is 0 Å². The van der Waals surface area contributed by atoms with Gasteiger partial charge in [-0.2, -0.15) is 0 Å². The van der Waals surface area contributed by atoms with Crippen molar-refractivity contribution < 1.29 is 14.0 Å². The molecule has 0 spiro atoms. The predicted molar refractivity (Wildman–Crippen MR) is 330 cm³/mol. The first-order valence-corrected chi connectivity index (χ1v) is 29.6. The van der Waals surface area contributed by atoms with Gasteiger partial charge in [0.15, 0.2) is 0 Å². The Balaban J connectivity index is 1.44. The van der Waals surface area contributed by atoms with E-state index in [1.165, 1.54) is 16.7 Å². The monoisotopic (exact) mass is 1040 g/mol. The van der Waals surface area contributed by atoms with Crippen LogP contribution in [0.15, 0.2) is 273 Å². The van der Waals surface area contributed by atoms with Gasteiger partial charge in [0.25, 0.3) is 0 Å². The van der Waals surface area contributed by atoms with Gasteiger partial charge in [-0.1, -0.05) is 352 Å². The first-order chi connectivity index (χ1) is 39.1. The fraction of sp³-hybridized carbons (Fsp3) is 0.280. The molecule has 0 saturated heterocycles. The molecule has 3 nitrogen and oxygen atoms in total. The van der Waals surface area contributed by atoms with Crippen LogP contribution in [-0.4, -0.2) is 7.32 Å². The second-order valence-electron chi connectivity index (χ2n) is 21.4. The Labute approximate surface area is 474 Å². The summed E-state index contributed by atoms with van der Waals surface area (Å²) in [6, 6.07) is 99.1. The highest BCUT2D eigenvalue weighted by atomic mass is 16.8. The Morgan fingerprint density at radius 1 is 0.253 bits per heavy atom. The molecular formula is C75H81BO3. The first-order valence-electron chi connectivity index (χ1n) is 29.6. The van der Waals surface area contributed by atoms with E-state index in [4.69, 9.17) is 14.0 Å². The summed E-state index contributed by atoms with van der Waals surface area (Å²) in [6.45, 7) is 6.88. The van der Waals surface area contributed by atoms with Crippen molar-refractivity contribution in [3.63, 3.8) is 0 Å². The summed E-state index contributed by atoms with van der Waals surface area (Å²) in [5, 5.41) is 0. The average molecular weight is 1040 g/mol. The standard InChI is InChI=1S/C75H81BO3/c1-4-7-19-58-70(61-40-22-10-23-41-61)73(64-46-28-13-29-47-64,65-48-30-14-31-49-65)77-76(78-74(66-50-32-15-33-51-66,67-52-34-16-35-53-67)71(59-20-8-5-2)62-42-24-11-25-43-62)79-75(68-54-36-17-37-55-68,69-56-38-18-39-57-69)72(60-21-9-6-3)63-44-26-12-27-45-63/h10-18,22-57,70-72H,4-9,19-21,58-60H2,1-3H3. The molecule has 402 valence electrons. The van der Waals surface area contributed by atoms with Gasteiger partial charge in [0.05, 0.1) is 0 Å². The zero-order valence-corrected chi connectivity index (χ0v) is 47.0. The van der Waals surface area contributed by atoms with E-state index in [0.29, 0.717) is 0 Å². The Kier molecular flexibility index (Phi) is 20.6. The molecule has 0 aliphatic heterocycles. The molecule has 9 rings (SSSR count). The van der Waals surface area contributed by atoms with Crippen molar-refractivity contribution in [1.82, 2.24) is 0 Å². The van der Waals surface area contributed by atoms with Crippen LogP contribution in [0.25, 0.3) is 0 Å². The van der Waals surface area contributed by atoms with Crippen LogP contribution in [0.4, 0.5) is 0 Å².